The van der Waals surface area contributed by atoms with Crippen LogP contribution in [0.2, 0.25) is 0 Å². The Balaban J connectivity index is 0.00000120. The Morgan fingerprint density at radius 1 is 1.22 bits per heavy atom. The number of rotatable bonds is 2. The molecule has 0 spiro atoms. The van der Waals surface area contributed by atoms with Crippen LogP contribution in [0.1, 0.15) is 11.9 Å². The lowest BCUT2D eigenvalue weighted by molar-refractivity contribution is 0.0734. The maximum absolute atomic E-state index is 5.37. The summed E-state index contributed by atoms with van der Waals surface area (Å²) in [6.45, 7) is 2.15. The number of hydrogen-bond acceptors (Lipinski definition) is 5. The lowest BCUT2D eigenvalue weighted by Crippen LogP contribution is -2.35. The van der Waals surface area contributed by atoms with Crippen molar-refractivity contribution in [1.82, 2.24) is 15.5 Å². The molecular weight excluding hydrogens is 254 g/mol. The van der Waals surface area contributed by atoms with Gasteiger partial charge in [0.15, 0.2) is 5.82 Å². The van der Waals surface area contributed by atoms with E-state index < -0.39 is 0 Å². The molecule has 6 heteroatoms. The van der Waals surface area contributed by atoms with Crippen molar-refractivity contribution in [1.29, 1.82) is 0 Å². The minimum absolute atomic E-state index is 0. The number of hydrogen-bond donors (Lipinski definition) is 1. The van der Waals surface area contributed by atoms with E-state index in [1.54, 1.807) is 0 Å². The molecule has 1 aliphatic rings. The van der Waals surface area contributed by atoms with Crippen LogP contribution in [-0.4, -0.2) is 29.9 Å². The van der Waals surface area contributed by atoms with Crippen LogP contribution in [0.3, 0.4) is 0 Å². The zero-order valence-corrected chi connectivity index (χ0v) is 10.5. The summed E-state index contributed by atoms with van der Waals surface area (Å²) in [4.78, 5) is 4.38. The van der Waals surface area contributed by atoms with Crippen LogP contribution >= 0.6 is 12.4 Å². The Hall–Kier alpha value is -1.43. The fourth-order valence-corrected chi connectivity index (χ4v) is 1.81. The van der Waals surface area contributed by atoms with Crippen molar-refractivity contribution in [2.24, 2.45) is 0 Å². The summed E-state index contributed by atoms with van der Waals surface area (Å²) in [6.07, 6.45) is 0. The first kappa shape index (κ1) is 13.0. The van der Waals surface area contributed by atoms with E-state index in [0.717, 1.165) is 18.7 Å². The van der Waals surface area contributed by atoms with Gasteiger partial charge in [-0.15, -0.1) is 12.4 Å². The first-order chi connectivity index (χ1) is 8.43. The van der Waals surface area contributed by atoms with E-state index in [2.05, 4.69) is 15.5 Å². The first-order valence-electron chi connectivity index (χ1n) is 5.63. The molecule has 5 nitrogen and oxygen atoms in total. The summed E-state index contributed by atoms with van der Waals surface area (Å²) in [5, 5.41) is 7.28. The molecule has 96 valence electrons. The standard InChI is InChI=1S/C12H13N3O2.ClH/c1-2-4-9(5-3-1)12-14-11(15-17-12)10-8-16-7-6-13-10;/h1-5,10,13H,6-8H2;1H. The molecule has 1 aliphatic heterocycles. The lowest BCUT2D eigenvalue weighted by atomic mass is 10.2. The highest BCUT2D eigenvalue weighted by molar-refractivity contribution is 5.85. The minimum Gasteiger partial charge on any atom is -0.378 e. The molecule has 1 unspecified atom stereocenters. The van der Waals surface area contributed by atoms with Gasteiger partial charge in [0.1, 0.15) is 0 Å². The third kappa shape index (κ3) is 2.69. The topological polar surface area (TPSA) is 60.2 Å². The molecule has 0 saturated carbocycles. The number of nitrogens with one attached hydrogen (secondary N) is 1. The molecule has 2 heterocycles. The van der Waals surface area contributed by atoms with Crippen LogP contribution in [0.5, 0.6) is 0 Å². The molecule has 1 atom stereocenters. The number of nitrogens with zero attached hydrogens (tertiary/aromatic N) is 2. The Bertz CT molecular complexity index is 483. The van der Waals surface area contributed by atoms with Gasteiger partial charge in [-0.1, -0.05) is 23.4 Å². The number of ether oxygens (including phenoxy) is 1. The Morgan fingerprint density at radius 3 is 2.78 bits per heavy atom. The zero-order valence-electron chi connectivity index (χ0n) is 9.70. The Kier molecular flexibility index (Phi) is 4.30. The van der Waals surface area contributed by atoms with E-state index in [-0.39, 0.29) is 18.4 Å². The van der Waals surface area contributed by atoms with Crippen LogP contribution in [0.15, 0.2) is 34.9 Å². The Morgan fingerprint density at radius 2 is 2.06 bits per heavy atom. The van der Waals surface area contributed by atoms with Crippen molar-refractivity contribution < 1.29 is 9.26 Å². The molecule has 1 saturated heterocycles. The normalized spacial score (nSPS) is 19.2. The second-order valence-electron chi connectivity index (χ2n) is 3.91. The molecule has 0 amide bonds. The number of halogens is 1. The monoisotopic (exact) mass is 267 g/mol. The van der Waals surface area contributed by atoms with E-state index in [1.807, 2.05) is 30.3 Å². The van der Waals surface area contributed by atoms with Gasteiger partial charge in [0.2, 0.25) is 0 Å². The fraction of sp³-hybridized carbons (Fsp3) is 0.333. The van der Waals surface area contributed by atoms with E-state index in [9.17, 15) is 0 Å². The fourth-order valence-electron chi connectivity index (χ4n) is 1.81. The molecule has 3 rings (SSSR count). The second-order valence-corrected chi connectivity index (χ2v) is 3.91. The molecule has 1 aromatic heterocycles. The van der Waals surface area contributed by atoms with E-state index in [1.165, 1.54) is 0 Å². The zero-order chi connectivity index (χ0) is 11.5. The highest BCUT2D eigenvalue weighted by Crippen LogP contribution is 2.19. The molecule has 2 aromatic rings. The van der Waals surface area contributed by atoms with Crippen LogP contribution in [0, 0.1) is 0 Å². The number of morpholine rings is 1. The molecule has 18 heavy (non-hydrogen) atoms. The summed E-state index contributed by atoms with van der Waals surface area (Å²) in [7, 11) is 0. The molecule has 1 fully saturated rings. The molecule has 0 bridgehead atoms. The second kappa shape index (κ2) is 5.95. The van der Waals surface area contributed by atoms with Crippen molar-refractivity contribution in [3.63, 3.8) is 0 Å². The van der Waals surface area contributed by atoms with Crippen LogP contribution in [0.25, 0.3) is 11.5 Å². The van der Waals surface area contributed by atoms with Crippen molar-refractivity contribution in [2.75, 3.05) is 19.8 Å². The summed E-state index contributed by atoms with van der Waals surface area (Å²) >= 11 is 0. The maximum atomic E-state index is 5.37. The molecular formula is C12H14ClN3O2. The van der Waals surface area contributed by atoms with Crippen molar-refractivity contribution >= 4 is 12.4 Å². The van der Waals surface area contributed by atoms with Gasteiger partial charge in [-0.25, -0.2) is 0 Å². The van der Waals surface area contributed by atoms with Gasteiger partial charge < -0.3 is 14.6 Å². The van der Waals surface area contributed by atoms with Crippen molar-refractivity contribution in [2.45, 2.75) is 6.04 Å². The van der Waals surface area contributed by atoms with E-state index >= 15 is 0 Å². The number of benzene rings is 1. The number of aromatic nitrogens is 2. The summed E-state index contributed by atoms with van der Waals surface area (Å²) in [6, 6.07) is 9.77. The van der Waals surface area contributed by atoms with Crippen LogP contribution < -0.4 is 5.32 Å². The minimum atomic E-state index is 0. The lowest BCUT2D eigenvalue weighted by Gasteiger charge is -2.20. The summed E-state index contributed by atoms with van der Waals surface area (Å²) in [5.74, 6) is 1.21. The van der Waals surface area contributed by atoms with Crippen LogP contribution in [0.4, 0.5) is 0 Å². The maximum Gasteiger partial charge on any atom is 0.257 e. The van der Waals surface area contributed by atoms with Crippen molar-refractivity contribution in [3.05, 3.63) is 36.2 Å². The first-order valence-corrected chi connectivity index (χ1v) is 5.63. The van der Waals surface area contributed by atoms with Gasteiger partial charge in [-0.05, 0) is 12.1 Å². The van der Waals surface area contributed by atoms with Gasteiger partial charge in [0, 0.05) is 12.1 Å². The third-order valence-electron chi connectivity index (χ3n) is 2.70. The van der Waals surface area contributed by atoms with Gasteiger partial charge in [0.05, 0.1) is 19.3 Å². The van der Waals surface area contributed by atoms with Gasteiger partial charge in [0.25, 0.3) is 5.89 Å². The predicted octanol–water partition coefficient (Wildman–Crippen LogP) is 1.82. The molecule has 1 aromatic carbocycles. The summed E-state index contributed by atoms with van der Waals surface area (Å²) < 4.78 is 10.6. The molecule has 1 N–H and O–H groups in total. The Labute approximate surface area is 111 Å². The SMILES string of the molecule is Cl.c1ccc(-c2nc(C3COCCN3)no2)cc1. The van der Waals surface area contributed by atoms with Gasteiger partial charge >= 0.3 is 0 Å². The smallest absolute Gasteiger partial charge is 0.257 e. The van der Waals surface area contributed by atoms with Gasteiger partial charge in [-0.2, -0.15) is 4.98 Å². The predicted molar refractivity (Wildman–Crippen MR) is 68.5 cm³/mol. The average molecular weight is 268 g/mol. The highest BCUT2D eigenvalue weighted by Gasteiger charge is 2.21. The summed E-state index contributed by atoms with van der Waals surface area (Å²) in [5.41, 5.74) is 0.933. The highest BCUT2D eigenvalue weighted by atomic mass is 35.5. The molecule has 0 radical (unpaired) electrons. The largest absolute Gasteiger partial charge is 0.378 e. The van der Waals surface area contributed by atoms with E-state index in [0.29, 0.717) is 18.3 Å². The quantitative estimate of drug-likeness (QED) is 0.899. The van der Waals surface area contributed by atoms with Crippen molar-refractivity contribution in [3.8, 4) is 11.5 Å². The molecule has 0 aliphatic carbocycles. The van der Waals surface area contributed by atoms with Crippen LogP contribution in [-0.2, 0) is 4.74 Å². The van der Waals surface area contributed by atoms with E-state index in [4.69, 9.17) is 9.26 Å². The average Bonchev–Trinajstić information content (AvgIpc) is 2.90. The third-order valence-corrected chi connectivity index (χ3v) is 2.70. The van der Waals surface area contributed by atoms with Gasteiger partial charge in [-0.3, -0.25) is 0 Å².